The monoisotopic (exact) mass is 224 g/mol. The van der Waals surface area contributed by atoms with E-state index < -0.39 is 0 Å². The molecule has 88 valence electrons. The Bertz CT molecular complexity index is 365. The standard InChI is InChI=1S/C11H17FN4/c1-3-14-11(15-13)16(2)8-9-5-4-6-10(12)7-9/h4-7H,3,8,13H2,1-2H3,(H,14,15). The van der Waals surface area contributed by atoms with Crippen LogP contribution in [0.15, 0.2) is 29.3 Å². The zero-order valence-electron chi connectivity index (χ0n) is 9.57. The molecular weight excluding hydrogens is 207 g/mol. The molecule has 0 saturated heterocycles. The third-order valence-corrected chi connectivity index (χ3v) is 2.11. The summed E-state index contributed by atoms with van der Waals surface area (Å²) in [6.45, 7) is 3.13. The topological polar surface area (TPSA) is 53.6 Å². The molecule has 1 aromatic carbocycles. The van der Waals surface area contributed by atoms with E-state index in [9.17, 15) is 4.39 Å². The molecule has 0 radical (unpaired) electrons. The van der Waals surface area contributed by atoms with E-state index in [1.807, 2.05) is 24.9 Å². The average molecular weight is 224 g/mol. The van der Waals surface area contributed by atoms with E-state index in [2.05, 4.69) is 10.4 Å². The van der Waals surface area contributed by atoms with Crippen LogP contribution in [0.1, 0.15) is 12.5 Å². The van der Waals surface area contributed by atoms with Crippen LogP contribution in [0.5, 0.6) is 0 Å². The van der Waals surface area contributed by atoms with Crippen molar-refractivity contribution in [3.05, 3.63) is 35.6 Å². The predicted molar refractivity (Wildman–Crippen MR) is 63.2 cm³/mol. The molecule has 0 heterocycles. The van der Waals surface area contributed by atoms with Crippen LogP contribution in [0.25, 0.3) is 0 Å². The fourth-order valence-corrected chi connectivity index (χ4v) is 1.41. The quantitative estimate of drug-likeness (QED) is 0.350. The number of rotatable bonds is 3. The van der Waals surface area contributed by atoms with Crippen LogP contribution in [-0.2, 0) is 6.54 Å². The first kappa shape index (κ1) is 12.4. The Morgan fingerprint density at radius 1 is 1.56 bits per heavy atom. The van der Waals surface area contributed by atoms with Crippen LogP contribution in [0, 0.1) is 5.82 Å². The van der Waals surface area contributed by atoms with Crippen molar-refractivity contribution in [2.24, 2.45) is 10.8 Å². The number of guanidine groups is 1. The summed E-state index contributed by atoms with van der Waals surface area (Å²) in [5, 5.41) is 0. The second-order valence-corrected chi connectivity index (χ2v) is 3.43. The Labute approximate surface area is 94.9 Å². The highest BCUT2D eigenvalue weighted by molar-refractivity contribution is 5.79. The fourth-order valence-electron chi connectivity index (χ4n) is 1.41. The Morgan fingerprint density at radius 3 is 2.88 bits per heavy atom. The van der Waals surface area contributed by atoms with Crippen LogP contribution in [0.4, 0.5) is 4.39 Å². The molecule has 1 aromatic rings. The minimum Gasteiger partial charge on any atom is -0.341 e. The van der Waals surface area contributed by atoms with Gasteiger partial charge in [0.2, 0.25) is 5.96 Å². The molecule has 0 atom stereocenters. The largest absolute Gasteiger partial charge is 0.341 e. The van der Waals surface area contributed by atoms with E-state index in [4.69, 9.17) is 5.84 Å². The van der Waals surface area contributed by atoms with Crippen LogP contribution < -0.4 is 11.3 Å². The van der Waals surface area contributed by atoms with E-state index in [0.29, 0.717) is 19.0 Å². The lowest BCUT2D eigenvalue weighted by Crippen LogP contribution is -2.42. The third kappa shape index (κ3) is 3.51. The van der Waals surface area contributed by atoms with Crippen molar-refractivity contribution < 1.29 is 4.39 Å². The molecule has 16 heavy (non-hydrogen) atoms. The molecule has 0 amide bonds. The molecular formula is C11H17FN4. The zero-order valence-corrected chi connectivity index (χ0v) is 9.57. The van der Waals surface area contributed by atoms with Gasteiger partial charge in [-0.25, -0.2) is 10.2 Å². The molecule has 0 aliphatic carbocycles. The van der Waals surface area contributed by atoms with Gasteiger partial charge in [-0.1, -0.05) is 12.1 Å². The molecule has 0 aliphatic rings. The van der Waals surface area contributed by atoms with Crippen molar-refractivity contribution in [2.75, 3.05) is 13.6 Å². The fraction of sp³-hybridized carbons (Fsp3) is 0.364. The van der Waals surface area contributed by atoms with Crippen LogP contribution in [0.2, 0.25) is 0 Å². The number of nitrogens with one attached hydrogen (secondary N) is 1. The van der Waals surface area contributed by atoms with E-state index in [1.54, 1.807) is 6.07 Å². The lowest BCUT2D eigenvalue weighted by atomic mass is 10.2. The third-order valence-electron chi connectivity index (χ3n) is 2.11. The molecule has 0 saturated carbocycles. The molecule has 0 aromatic heterocycles. The SMILES string of the molecule is CCN=C(NN)N(C)Cc1cccc(F)c1. The maximum atomic E-state index is 13.0. The predicted octanol–water partition coefficient (Wildman–Crippen LogP) is 1.10. The number of hydrazine groups is 1. The molecule has 0 aliphatic heterocycles. The number of nitrogens with zero attached hydrogens (tertiary/aromatic N) is 2. The van der Waals surface area contributed by atoms with Crippen molar-refractivity contribution in [3.63, 3.8) is 0 Å². The Hall–Kier alpha value is -1.62. The highest BCUT2D eigenvalue weighted by atomic mass is 19.1. The van der Waals surface area contributed by atoms with Crippen LogP contribution in [-0.4, -0.2) is 24.5 Å². The van der Waals surface area contributed by atoms with Crippen LogP contribution in [0.3, 0.4) is 0 Å². The van der Waals surface area contributed by atoms with Crippen molar-refractivity contribution >= 4 is 5.96 Å². The van der Waals surface area contributed by atoms with Gasteiger partial charge >= 0.3 is 0 Å². The summed E-state index contributed by atoms with van der Waals surface area (Å²) in [6, 6.07) is 6.47. The van der Waals surface area contributed by atoms with Gasteiger partial charge in [-0.05, 0) is 24.6 Å². The number of benzene rings is 1. The minimum atomic E-state index is -0.236. The van der Waals surface area contributed by atoms with Gasteiger partial charge in [-0.2, -0.15) is 0 Å². The highest BCUT2D eigenvalue weighted by Gasteiger charge is 2.05. The maximum Gasteiger partial charge on any atom is 0.208 e. The Morgan fingerprint density at radius 2 is 2.31 bits per heavy atom. The van der Waals surface area contributed by atoms with E-state index in [-0.39, 0.29) is 5.82 Å². The summed E-state index contributed by atoms with van der Waals surface area (Å²) >= 11 is 0. The second kappa shape index (κ2) is 6.07. The Kier molecular flexibility index (Phi) is 4.72. The van der Waals surface area contributed by atoms with Gasteiger partial charge in [0.1, 0.15) is 5.82 Å². The van der Waals surface area contributed by atoms with Gasteiger partial charge in [-0.3, -0.25) is 10.4 Å². The summed E-state index contributed by atoms with van der Waals surface area (Å²) in [7, 11) is 1.85. The molecule has 5 heteroatoms. The van der Waals surface area contributed by atoms with Gasteiger partial charge in [-0.15, -0.1) is 0 Å². The van der Waals surface area contributed by atoms with Gasteiger partial charge in [0, 0.05) is 20.1 Å². The number of nitrogens with two attached hydrogens (primary N) is 1. The average Bonchev–Trinajstić information content (AvgIpc) is 2.25. The molecule has 1 rings (SSSR count). The first-order chi connectivity index (χ1) is 7.67. The van der Waals surface area contributed by atoms with E-state index in [0.717, 1.165) is 5.56 Å². The number of hydrogen-bond acceptors (Lipinski definition) is 2. The maximum absolute atomic E-state index is 13.0. The smallest absolute Gasteiger partial charge is 0.208 e. The first-order valence-corrected chi connectivity index (χ1v) is 5.14. The van der Waals surface area contributed by atoms with Crippen LogP contribution >= 0.6 is 0 Å². The molecule has 0 fully saturated rings. The van der Waals surface area contributed by atoms with Crippen molar-refractivity contribution in [1.29, 1.82) is 0 Å². The molecule has 3 N–H and O–H groups in total. The second-order valence-electron chi connectivity index (χ2n) is 3.43. The Balaban J connectivity index is 2.70. The summed E-state index contributed by atoms with van der Waals surface area (Å²) < 4.78 is 13.0. The summed E-state index contributed by atoms with van der Waals surface area (Å²) in [6.07, 6.45) is 0. The highest BCUT2D eigenvalue weighted by Crippen LogP contribution is 2.06. The van der Waals surface area contributed by atoms with Gasteiger partial charge in [0.25, 0.3) is 0 Å². The van der Waals surface area contributed by atoms with Crippen molar-refractivity contribution in [3.8, 4) is 0 Å². The van der Waals surface area contributed by atoms with Gasteiger partial charge < -0.3 is 4.90 Å². The summed E-state index contributed by atoms with van der Waals surface area (Å²) in [4.78, 5) is 6.01. The first-order valence-electron chi connectivity index (χ1n) is 5.14. The number of hydrogen-bond donors (Lipinski definition) is 2. The molecule has 0 bridgehead atoms. The molecule has 0 spiro atoms. The van der Waals surface area contributed by atoms with Gasteiger partial charge in [0.15, 0.2) is 0 Å². The van der Waals surface area contributed by atoms with E-state index in [1.165, 1.54) is 12.1 Å². The lowest BCUT2D eigenvalue weighted by molar-refractivity contribution is 0.475. The normalized spacial score (nSPS) is 11.4. The minimum absolute atomic E-state index is 0.236. The molecule has 0 unspecified atom stereocenters. The van der Waals surface area contributed by atoms with Crippen molar-refractivity contribution in [1.82, 2.24) is 10.3 Å². The van der Waals surface area contributed by atoms with E-state index >= 15 is 0 Å². The summed E-state index contributed by atoms with van der Waals surface area (Å²) in [5.41, 5.74) is 3.40. The number of aliphatic imine (C=N–C) groups is 1. The lowest BCUT2D eigenvalue weighted by Gasteiger charge is -2.20. The number of halogens is 1. The molecule has 4 nitrogen and oxygen atoms in total. The van der Waals surface area contributed by atoms with Gasteiger partial charge in [0.05, 0.1) is 0 Å². The summed E-state index contributed by atoms with van der Waals surface area (Å²) in [5.74, 6) is 5.70. The zero-order chi connectivity index (χ0) is 12.0. The van der Waals surface area contributed by atoms with Crippen molar-refractivity contribution in [2.45, 2.75) is 13.5 Å².